The van der Waals surface area contributed by atoms with Gasteiger partial charge in [-0.3, -0.25) is 0 Å². The average molecular weight is 212 g/mol. The van der Waals surface area contributed by atoms with Crippen LogP contribution in [0.5, 0.6) is 0 Å². The minimum Gasteiger partial charge on any atom is -1.00 e. The first-order chi connectivity index (χ1) is 6.33. The molecule has 0 radical (unpaired) electrons. The first-order valence-corrected chi connectivity index (χ1v) is 3.80. The molecule has 2 N–H and O–H groups in total. The van der Waals surface area contributed by atoms with Crippen LogP contribution < -0.4 is 17.8 Å². The second kappa shape index (κ2) is 4.02. The first-order valence-electron chi connectivity index (χ1n) is 3.80. The van der Waals surface area contributed by atoms with Crippen molar-refractivity contribution in [1.29, 1.82) is 0 Å². The summed E-state index contributed by atoms with van der Waals surface area (Å²) in [6, 6.07) is 8.66. The molecule has 74 valence electrons. The quantitative estimate of drug-likeness (QED) is 0.306. The predicted octanol–water partition coefficient (Wildman–Crippen LogP) is -1.83. The molecule has 1 heterocycles. The van der Waals surface area contributed by atoms with E-state index in [4.69, 9.17) is 5.21 Å². The Kier molecular flexibility index (Phi) is 2.99. The highest BCUT2D eigenvalue weighted by Crippen LogP contribution is 2.06. The van der Waals surface area contributed by atoms with Gasteiger partial charge in [0.15, 0.2) is 0 Å². The summed E-state index contributed by atoms with van der Waals surface area (Å²) in [7, 11) is 0. The first kappa shape index (κ1) is 10.4. The Bertz CT molecular complexity index is 507. The molecule has 1 aromatic heterocycles. The maximum Gasteiger partial charge on any atom is 0.113 e. The fraction of sp³-hybridized carbons (Fsp3) is 0. The van der Waals surface area contributed by atoms with Gasteiger partial charge in [-0.15, -0.1) is 0 Å². The van der Waals surface area contributed by atoms with Gasteiger partial charge in [-0.25, -0.2) is 0 Å². The number of rotatable bonds is 0. The number of halogens is 1. The lowest BCUT2D eigenvalue weighted by atomic mass is 10.2. The van der Waals surface area contributed by atoms with E-state index in [0.717, 1.165) is 4.73 Å². The summed E-state index contributed by atoms with van der Waals surface area (Å²) >= 11 is 0. The van der Waals surface area contributed by atoms with Crippen LogP contribution in [0.15, 0.2) is 41.7 Å². The Morgan fingerprint density at radius 2 is 1.86 bits per heavy atom. The number of para-hydroxylation sites is 1. The van der Waals surface area contributed by atoms with Crippen LogP contribution in [0.2, 0.25) is 0 Å². The van der Waals surface area contributed by atoms with Crippen molar-refractivity contribution < 1.29 is 22.8 Å². The summed E-state index contributed by atoms with van der Waals surface area (Å²) in [6.45, 7) is 0. The monoisotopic (exact) mass is 211 g/mol. The van der Waals surface area contributed by atoms with Crippen molar-refractivity contribution in [1.82, 2.24) is 4.73 Å². The van der Waals surface area contributed by atoms with E-state index in [1.165, 1.54) is 12.3 Å². The van der Waals surface area contributed by atoms with E-state index in [0.29, 0.717) is 16.3 Å². The highest BCUT2D eigenvalue weighted by atomic mass is 35.5. The van der Waals surface area contributed by atoms with Crippen LogP contribution in [0.4, 0.5) is 0 Å². The van der Waals surface area contributed by atoms with Gasteiger partial charge in [0.05, 0.1) is 5.52 Å². The van der Waals surface area contributed by atoms with E-state index >= 15 is 0 Å². The van der Waals surface area contributed by atoms with Crippen LogP contribution in [-0.2, 0) is 0 Å². The van der Waals surface area contributed by atoms with Crippen LogP contribution in [0.1, 0.15) is 0 Å². The zero-order valence-corrected chi connectivity index (χ0v) is 7.89. The molecule has 4 nitrogen and oxygen atoms in total. The van der Waals surface area contributed by atoms with Gasteiger partial charge in [-0.1, -0.05) is 23.4 Å². The minimum atomic E-state index is 0. The third-order valence-electron chi connectivity index (χ3n) is 1.91. The van der Waals surface area contributed by atoms with Crippen molar-refractivity contribution >= 4 is 10.9 Å². The number of benzene rings is 1. The van der Waals surface area contributed by atoms with Gasteiger partial charge in [0.25, 0.3) is 0 Å². The highest BCUT2D eigenvalue weighted by molar-refractivity contribution is 5.77. The molecule has 0 amide bonds. The van der Waals surface area contributed by atoms with Crippen molar-refractivity contribution in [3.63, 3.8) is 0 Å². The van der Waals surface area contributed by atoms with E-state index in [2.05, 4.69) is 5.16 Å². The lowest BCUT2D eigenvalue weighted by Crippen LogP contribution is -3.00. The van der Waals surface area contributed by atoms with E-state index < -0.39 is 0 Å². The molecule has 0 spiro atoms. The fourth-order valence-electron chi connectivity index (χ4n) is 1.29. The molecular formula is C9H8ClN2O2-. The summed E-state index contributed by atoms with van der Waals surface area (Å²) in [5.41, 5.74) is 0.609. The summed E-state index contributed by atoms with van der Waals surface area (Å²) in [4.78, 5) is 0. The molecule has 0 saturated heterocycles. The number of nitrogens with zero attached hydrogens (tertiary/aromatic N) is 2. The fourth-order valence-corrected chi connectivity index (χ4v) is 1.29. The molecule has 2 rings (SSSR count). The van der Waals surface area contributed by atoms with Gasteiger partial charge in [-0.2, -0.15) is 4.73 Å². The Hall–Kier alpha value is -1.68. The molecule has 0 aliphatic heterocycles. The van der Waals surface area contributed by atoms with E-state index in [1.807, 2.05) is 6.07 Å². The molecule has 0 saturated carbocycles. The minimum absolute atomic E-state index is 0. The number of pyridine rings is 1. The Labute approximate surface area is 86.1 Å². The molecule has 1 aromatic carbocycles. The van der Waals surface area contributed by atoms with Gasteiger partial charge in [0.1, 0.15) is 5.36 Å². The lowest BCUT2D eigenvalue weighted by Gasteiger charge is -2.02. The Balaban J connectivity index is 0.000000980. The average Bonchev–Trinajstić information content (AvgIpc) is 2.19. The van der Waals surface area contributed by atoms with Gasteiger partial charge in [0, 0.05) is 11.6 Å². The third kappa shape index (κ3) is 1.52. The second-order valence-corrected chi connectivity index (χ2v) is 2.66. The molecule has 0 aliphatic rings. The molecule has 0 aliphatic carbocycles. The Morgan fingerprint density at radius 3 is 2.57 bits per heavy atom. The van der Waals surface area contributed by atoms with Crippen LogP contribution in [-0.4, -0.2) is 15.1 Å². The van der Waals surface area contributed by atoms with Crippen LogP contribution in [0.3, 0.4) is 0 Å². The van der Waals surface area contributed by atoms with E-state index in [9.17, 15) is 5.21 Å². The summed E-state index contributed by atoms with van der Waals surface area (Å²) in [5, 5.41) is 22.3. The van der Waals surface area contributed by atoms with Crippen molar-refractivity contribution in [2.75, 3.05) is 0 Å². The molecule has 2 aromatic rings. The zero-order chi connectivity index (χ0) is 9.26. The van der Waals surface area contributed by atoms with Gasteiger partial charge in [-0.05, 0) is 12.1 Å². The van der Waals surface area contributed by atoms with E-state index in [-0.39, 0.29) is 12.4 Å². The van der Waals surface area contributed by atoms with Crippen molar-refractivity contribution in [3.05, 3.63) is 41.9 Å². The number of fused-ring (bicyclic) bond motifs is 1. The number of hydrogen-bond donors (Lipinski definition) is 2. The summed E-state index contributed by atoms with van der Waals surface area (Å²) in [5.74, 6) is 0. The highest BCUT2D eigenvalue weighted by Gasteiger charge is 1.97. The van der Waals surface area contributed by atoms with Crippen molar-refractivity contribution in [2.45, 2.75) is 0 Å². The SMILES string of the molecule is O/N=c1/ccn(O)c2ccccc12.[Cl-]. The normalized spacial score (nSPS) is 11.3. The Morgan fingerprint density at radius 1 is 1.14 bits per heavy atom. The molecule has 0 atom stereocenters. The van der Waals surface area contributed by atoms with Crippen molar-refractivity contribution in [3.8, 4) is 0 Å². The molecular weight excluding hydrogens is 204 g/mol. The lowest BCUT2D eigenvalue weighted by molar-refractivity contribution is -0.00000487. The van der Waals surface area contributed by atoms with Crippen LogP contribution in [0, 0.1) is 0 Å². The van der Waals surface area contributed by atoms with Gasteiger partial charge >= 0.3 is 0 Å². The largest absolute Gasteiger partial charge is 1.00 e. The molecule has 14 heavy (non-hydrogen) atoms. The standard InChI is InChI=1S/C9H8N2O2.ClH/c12-10-8-5-6-11(13)9-4-2-1-3-7(8)9;/h1-6,12-13H;1H/p-1/b10-8-;. The molecule has 0 fully saturated rings. The van der Waals surface area contributed by atoms with Crippen LogP contribution in [0.25, 0.3) is 10.9 Å². The number of aromatic nitrogens is 1. The zero-order valence-electron chi connectivity index (χ0n) is 7.13. The van der Waals surface area contributed by atoms with Gasteiger partial charge in [0.2, 0.25) is 0 Å². The van der Waals surface area contributed by atoms with Crippen LogP contribution >= 0.6 is 0 Å². The molecule has 0 bridgehead atoms. The maximum atomic E-state index is 9.38. The summed E-state index contributed by atoms with van der Waals surface area (Å²) in [6.07, 6.45) is 1.43. The smallest absolute Gasteiger partial charge is 0.113 e. The predicted molar refractivity (Wildman–Crippen MR) is 46.5 cm³/mol. The molecule has 0 unspecified atom stereocenters. The third-order valence-corrected chi connectivity index (χ3v) is 1.91. The topological polar surface area (TPSA) is 57.8 Å². The van der Waals surface area contributed by atoms with Crippen molar-refractivity contribution in [2.24, 2.45) is 5.16 Å². The van der Waals surface area contributed by atoms with Gasteiger partial charge < -0.3 is 22.8 Å². The summed E-state index contributed by atoms with van der Waals surface area (Å²) < 4.78 is 0.990. The number of hydrogen-bond acceptors (Lipinski definition) is 3. The van der Waals surface area contributed by atoms with E-state index in [1.54, 1.807) is 18.2 Å². The molecule has 5 heteroatoms. The maximum absolute atomic E-state index is 9.38. The second-order valence-electron chi connectivity index (χ2n) is 2.66.